The zero-order chi connectivity index (χ0) is 15.6. The fourth-order valence-electron chi connectivity index (χ4n) is 3.40. The minimum absolute atomic E-state index is 0.129. The minimum Gasteiger partial charge on any atom is -0.464 e. The Morgan fingerprint density at radius 3 is 2.91 bits per heavy atom. The number of hydrogen-bond acceptors (Lipinski definition) is 3. The molecule has 0 amide bonds. The van der Waals surface area contributed by atoms with Gasteiger partial charge in [-0.15, -0.1) is 0 Å². The van der Waals surface area contributed by atoms with Gasteiger partial charge in [-0.25, -0.2) is 0 Å². The molecule has 0 saturated carbocycles. The predicted octanol–water partition coefficient (Wildman–Crippen LogP) is 2.96. The van der Waals surface area contributed by atoms with E-state index in [1.165, 1.54) is 22.0 Å². The van der Waals surface area contributed by atoms with Gasteiger partial charge in [0.1, 0.15) is 6.61 Å². The van der Waals surface area contributed by atoms with Gasteiger partial charge in [-0.2, -0.15) is 0 Å². The lowest BCUT2D eigenvalue weighted by atomic mass is 9.79. The Labute approximate surface area is 131 Å². The molecule has 22 heavy (non-hydrogen) atoms. The summed E-state index contributed by atoms with van der Waals surface area (Å²) in [6, 6.07) is 6.39. The molecule has 1 unspecified atom stereocenters. The molecule has 0 spiro atoms. The molecule has 1 aliphatic carbocycles. The number of esters is 1. The minimum atomic E-state index is -0.190. The van der Waals surface area contributed by atoms with Crippen molar-refractivity contribution >= 4 is 16.9 Å². The van der Waals surface area contributed by atoms with E-state index in [0.717, 1.165) is 25.8 Å². The number of rotatable bonds is 6. The van der Waals surface area contributed by atoms with Crippen molar-refractivity contribution in [3.8, 4) is 0 Å². The number of aromatic amines is 1. The summed E-state index contributed by atoms with van der Waals surface area (Å²) >= 11 is 0. The molecule has 0 fully saturated rings. The van der Waals surface area contributed by atoms with E-state index in [9.17, 15) is 4.79 Å². The van der Waals surface area contributed by atoms with Crippen LogP contribution in [-0.4, -0.2) is 29.6 Å². The zero-order valence-corrected chi connectivity index (χ0v) is 13.4. The van der Waals surface area contributed by atoms with Gasteiger partial charge >= 0.3 is 5.97 Å². The second kappa shape index (κ2) is 6.13. The van der Waals surface area contributed by atoms with E-state index in [1.54, 1.807) is 0 Å². The van der Waals surface area contributed by atoms with Crippen LogP contribution in [0.25, 0.3) is 10.9 Å². The van der Waals surface area contributed by atoms with Crippen LogP contribution in [0.2, 0.25) is 0 Å². The maximum atomic E-state index is 11.6. The first-order valence-electron chi connectivity index (χ1n) is 8.16. The first-order chi connectivity index (χ1) is 10.7. The van der Waals surface area contributed by atoms with E-state index in [-0.39, 0.29) is 11.5 Å². The van der Waals surface area contributed by atoms with Gasteiger partial charge in [0.15, 0.2) is 0 Å². The normalized spacial score (nSPS) is 20.3. The molecule has 3 rings (SSSR count). The first kappa shape index (κ1) is 15.1. The van der Waals surface area contributed by atoms with E-state index < -0.39 is 0 Å². The van der Waals surface area contributed by atoms with E-state index in [4.69, 9.17) is 4.74 Å². The summed E-state index contributed by atoms with van der Waals surface area (Å²) in [4.78, 5) is 15.0. The lowest BCUT2D eigenvalue weighted by Gasteiger charge is -2.37. The number of hydrogen-bond donors (Lipinski definition) is 2. The third-order valence-corrected chi connectivity index (χ3v) is 4.48. The number of aromatic nitrogens is 1. The van der Waals surface area contributed by atoms with Gasteiger partial charge in [-0.3, -0.25) is 4.79 Å². The smallest absolute Gasteiger partial charge is 0.305 e. The number of carbonyl (C=O) groups excluding carboxylic acids is 1. The molecule has 0 saturated heterocycles. The van der Waals surface area contributed by atoms with Crippen LogP contribution in [0.15, 0.2) is 24.4 Å². The first-order valence-corrected chi connectivity index (χ1v) is 8.16. The molecular formula is C18H24N2O2. The molecule has 0 aliphatic heterocycles. The van der Waals surface area contributed by atoms with Gasteiger partial charge in [0, 0.05) is 23.5 Å². The third-order valence-electron chi connectivity index (χ3n) is 4.48. The van der Waals surface area contributed by atoms with Gasteiger partial charge in [-0.05, 0) is 43.0 Å². The van der Waals surface area contributed by atoms with E-state index >= 15 is 0 Å². The molecule has 4 nitrogen and oxygen atoms in total. The molecule has 2 aromatic rings. The molecular weight excluding hydrogens is 276 g/mol. The molecule has 1 aromatic carbocycles. The van der Waals surface area contributed by atoms with Crippen LogP contribution in [0.3, 0.4) is 0 Å². The van der Waals surface area contributed by atoms with Crippen molar-refractivity contribution in [1.82, 2.24) is 10.3 Å². The molecule has 2 N–H and O–H groups in total. The highest BCUT2D eigenvalue weighted by Gasteiger charge is 2.36. The van der Waals surface area contributed by atoms with Crippen LogP contribution >= 0.6 is 0 Å². The summed E-state index contributed by atoms with van der Waals surface area (Å²) in [7, 11) is 0. The van der Waals surface area contributed by atoms with Crippen molar-refractivity contribution in [2.24, 2.45) is 0 Å². The van der Waals surface area contributed by atoms with Crippen molar-refractivity contribution in [3.63, 3.8) is 0 Å². The largest absolute Gasteiger partial charge is 0.464 e. The lowest BCUT2D eigenvalue weighted by molar-refractivity contribution is -0.145. The summed E-state index contributed by atoms with van der Waals surface area (Å²) < 4.78 is 5.51. The van der Waals surface area contributed by atoms with E-state index in [0.29, 0.717) is 13.0 Å². The zero-order valence-electron chi connectivity index (χ0n) is 13.4. The van der Waals surface area contributed by atoms with Gasteiger partial charge in [0.25, 0.3) is 0 Å². The maximum absolute atomic E-state index is 11.6. The average Bonchev–Trinajstić information content (AvgIpc) is 2.95. The highest BCUT2D eigenvalue weighted by atomic mass is 16.5. The van der Waals surface area contributed by atoms with Crippen LogP contribution in [-0.2, 0) is 22.4 Å². The lowest BCUT2D eigenvalue weighted by Crippen LogP contribution is -2.54. The van der Waals surface area contributed by atoms with Crippen molar-refractivity contribution < 1.29 is 9.53 Å². The Bertz CT molecular complexity index is 677. The second-order valence-corrected chi connectivity index (χ2v) is 6.23. The van der Waals surface area contributed by atoms with Crippen LogP contribution in [0.5, 0.6) is 0 Å². The Balaban J connectivity index is 1.89. The van der Waals surface area contributed by atoms with Gasteiger partial charge < -0.3 is 15.0 Å². The van der Waals surface area contributed by atoms with Gasteiger partial charge in [0.2, 0.25) is 0 Å². The SMILES string of the molecule is CCCNC1(COC(=O)CC)Cc2cccc3[nH]cc(c23)C1. The Kier molecular flexibility index (Phi) is 4.21. The van der Waals surface area contributed by atoms with Gasteiger partial charge in [0.05, 0.1) is 5.54 Å². The Morgan fingerprint density at radius 1 is 1.32 bits per heavy atom. The van der Waals surface area contributed by atoms with Crippen LogP contribution in [0, 0.1) is 0 Å². The summed E-state index contributed by atoms with van der Waals surface area (Å²) in [6.07, 6.45) is 5.37. The summed E-state index contributed by atoms with van der Waals surface area (Å²) in [5.74, 6) is -0.129. The monoisotopic (exact) mass is 300 g/mol. The van der Waals surface area contributed by atoms with E-state index in [2.05, 4.69) is 41.6 Å². The molecule has 118 valence electrons. The third kappa shape index (κ3) is 2.75. The Hall–Kier alpha value is -1.81. The molecule has 1 aromatic heterocycles. The molecule has 0 radical (unpaired) electrons. The predicted molar refractivity (Wildman–Crippen MR) is 88.0 cm³/mol. The number of benzene rings is 1. The summed E-state index contributed by atoms with van der Waals surface area (Å²) in [6.45, 7) is 5.35. The highest BCUT2D eigenvalue weighted by molar-refractivity contribution is 5.88. The van der Waals surface area contributed by atoms with Crippen molar-refractivity contribution in [3.05, 3.63) is 35.5 Å². The average molecular weight is 300 g/mol. The number of carbonyl (C=O) groups is 1. The fraction of sp³-hybridized carbons (Fsp3) is 0.500. The molecule has 1 heterocycles. The highest BCUT2D eigenvalue weighted by Crippen LogP contribution is 2.34. The Morgan fingerprint density at radius 2 is 2.14 bits per heavy atom. The summed E-state index contributed by atoms with van der Waals surface area (Å²) in [5, 5.41) is 4.99. The van der Waals surface area contributed by atoms with Crippen LogP contribution < -0.4 is 5.32 Å². The van der Waals surface area contributed by atoms with Crippen LogP contribution in [0.4, 0.5) is 0 Å². The molecule has 0 bridgehead atoms. The number of nitrogens with one attached hydrogen (secondary N) is 2. The second-order valence-electron chi connectivity index (χ2n) is 6.23. The topological polar surface area (TPSA) is 54.1 Å². The molecule has 1 aliphatic rings. The maximum Gasteiger partial charge on any atom is 0.305 e. The quantitative estimate of drug-likeness (QED) is 0.806. The molecule has 4 heteroatoms. The summed E-state index contributed by atoms with van der Waals surface area (Å²) in [5.41, 5.74) is 3.65. The van der Waals surface area contributed by atoms with Crippen molar-refractivity contribution in [1.29, 1.82) is 0 Å². The fourth-order valence-corrected chi connectivity index (χ4v) is 3.40. The molecule has 1 atom stereocenters. The number of H-pyrrole nitrogens is 1. The van der Waals surface area contributed by atoms with Crippen molar-refractivity contribution in [2.75, 3.05) is 13.2 Å². The van der Waals surface area contributed by atoms with Crippen LogP contribution in [0.1, 0.15) is 37.8 Å². The van der Waals surface area contributed by atoms with Crippen molar-refractivity contribution in [2.45, 2.75) is 45.1 Å². The number of ether oxygens (including phenoxy) is 1. The van der Waals surface area contributed by atoms with Gasteiger partial charge in [-0.1, -0.05) is 26.0 Å². The van der Waals surface area contributed by atoms with E-state index in [1.807, 2.05) is 6.92 Å². The standard InChI is InChI=1S/C18H24N2O2/c1-3-8-20-18(12-22-16(21)4-2)9-13-6-5-7-15-17(13)14(10-18)11-19-15/h5-7,11,19-20H,3-4,8-10,12H2,1-2H3.